The summed E-state index contributed by atoms with van der Waals surface area (Å²) in [4.78, 5) is 30.9. The molecule has 1 atom stereocenters. The molecule has 1 saturated heterocycles. The summed E-state index contributed by atoms with van der Waals surface area (Å²) in [7, 11) is 8.67. The van der Waals surface area contributed by atoms with Crippen molar-refractivity contribution >= 4 is 27.3 Å². The van der Waals surface area contributed by atoms with Crippen LogP contribution in [0.25, 0.3) is 21.2 Å². The van der Waals surface area contributed by atoms with Gasteiger partial charge < -0.3 is 18.9 Å². The lowest BCUT2D eigenvalue weighted by molar-refractivity contribution is -0.141. The Kier molecular flexibility index (Phi) is 6.73. The van der Waals surface area contributed by atoms with E-state index >= 15 is 0 Å². The van der Waals surface area contributed by atoms with Crippen LogP contribution in [0.1, 0.15) is 24.6 Å². The largest absolute Gasteiger partial charge is 0.493 e. The van der Waals surface area contributed by atoms with Gasteiger partial charge in [0.2, 0.25) is 5.91 Å². The number of likely N-dealkylation sites (tertiary alicyclic amines) is 1. The van der Waals surface area contributed by atoms with Gasteiger partial charge in [-0.15, -0.1) is 11.3 Å². The highest BCUT2D eigenvalue weighted by molar-refractivity contribution is 7.19. The van der Waals surface area contributed by atoms with Crippen LogP contribution in [0.2, 0.25) is 0 Å². The third-order valence-electron chi connectivity index (χ3n) is 6.67. The van der Waals surface area contributed by atoms with Crippen LogP contribution in [0.15, 0.2) is 35.3 Å². The number of pyridine rings is 1. The van der Waals surface area contributed by atoms with E-state index < -0.39 is 0 Å². The average Bonchev–Trinajstić information content (AvgIpc) is 3.24. The van der Waals surface area contributed by atoms with Gasteiger partial charge in [0.25, 0.3) is 5.56 Å². The number of hydrogen-bond acceptors (Lipinski definition) is 6. The first-order valence-corrected chi connectivity index (χ1v) is 12.3. The Morgan fingerprint density at radius 3 is 2.59 bits per heavy atom. The second-order valence-corrected chi connectivity index (χ2v) is 10.7. The number of thiophene rings is 1. The van der Waals surface area contributed by atoms with E-state index in [1.165, 1.54) is 0 Å². The van der Waals surface area contributed by atoms with Gasteiger partial charge >= 0.3 is 0 Å². The van der Waals surface area contributed by atoms with Crippen molar-refractivity contribution in [3.05, 3.63) is 45.7 Å². The molecular formula is C26H33N3O4S. The maximum Gasteiger partial charge on any atom is 0.259 e. The Morgan fingerprint density at radius 1 is 1.18 bits per heavy atom. The fourth-order valence-corrected chi connectivity index (χ4v) is 6.23. The van der Waals surface area contributed by atoms with Gasteiger partial charge in [0.15, 0.2) is 11.5 Å². The van der Waals surface area contributed by atoms with E-state index in [9.17, 15) is 9.59 Å². The van der Waals surface area contributed by atoms with Crippen molar-refractivity contribution in [2.45, 2.75) is 26.3 Å². The van der Waals surface area contributed by atoms with Crippen LogP contribution in [0.3, 0.4) is 0 Å². The van der Waals surface area contributed by atoms with E-state index in [4.69, 9.17) is 9.47 Å². The maximum atomic E-state index is 13.0. The van der Waals surface area contributed by atoms with E-state index in [0.29, 0.717) is 11.5 Å². The van der Waals surface area contributed by atoms with Crippen molar-refractivity contribution in [3.63, 3.8) is 0 Å². The number of aryl methyl sites for hydroxylation is 1. The van der Waals surface area contributed by atoms with Crippen LogP contribution in [0, 0.1) is 5.41 Å². The molecule has 1 aromatic carbocycles. The van der Waals surface area contributed by atoms with Crippen molar-refractivity contribution in [2.24, 2.45) is 12.5 Å². The number of rotatable bonds is 6. The van der Waals surface area contributed by atoms with Gasteiger partial charge in [0.1, 0.15) is 0 Å². The molecule has 0 saturated carbocycles. The summed E-state index contributed by atoms with van der Waals surface area (Å²) in [5.74, 6) is 1.50. The fraction of sp³-hybridized carbons (Fsp3) is 0.462. The molecule has 0 aliphatic carbocycles. The molecule has 3 aromatic rings. The lowest BCUT2D eigenvalue weighted by Crippen LogP contribution is -2.49. The third kappa shape index (κ3) is 4.44. The zero-order valence-electron chi connectivity index (χ0n) is 20.8. The molecule has 3 heterocycles. The first-order chi connectivity index (χ1) is 16.2. The van der Waals surface area contributed by atoms with Gasteiger partial charge in [-0.3, -0.25) is 14.5 Å². The van der Waals surface area contributed by atoms with E-state index in [0.717, 1.165) is 58.6 Å². The van der Waals surface area contributed by atoms with Crippen LogP contribution in [-0.4, -0.2) is 61.7 Å². The molecule has 0 spiro atoms. The number of amides is 1. The molecule has 2 aromatic heterocycles. The summed E-state index contributed by atoms with van der Waals surface area (Å²) in [6, 6.07) is 7.84. The van der Waals surface area contributed by atoms with Crippen LogP contribution in [-0.2, 0) is 18.4 Å². The third-order valence-corrected chi connectivity index (χ3v) is 7.83. The number of carbonyl (C=O) groups is 1. The topological polar surface area (TPSA) is 64.0 Å². The zero-order chi connectivity index (χ0) is 24.6. The molecule has 34 heavy (non-hydrogen) atoms. The monoisotopic (exact) mass is 483 g/mol. The average molecular weight is 484 g/mol. The van der Waals surface area contributed by atoms with Crippen LogP contribution < -0.4 is 15.0 Å². The SMILES string of the molecule is COc1ccc(-c2cn(C)c(=O)c3cc(CN4CCCC(C)(C(=O)N(C)C)C4)sc23)cc1OC. The lowest BCUT2D eigenvalue weighted by Gasteiger charge is -2.40. The maximum absolute atomic E-state index is 13.0. The Balaban J connectivity index is 1.70. The highest BCUT2D eigenvalue weighted by Gasteiger charge is 2.38. The lowest BCUT2D eigenvalue weighted by atomic mass is 9.80. The highest BCUT2D eigenvalue weighted by atomic mass is 32.1. The van der Waals surface area contributed by atoms with Gasteiger partial charge in [-0.25, -0.2) is 0 Å². The number of carbonyl (C=O) groups excluding carboxylic acids is 1. The number of hydrogen-bond donors (Lipinski definition) is 0. The molecule has 7 nitrogen and oxygen atoms in total. The number of nitrogens with zero attached hydrogens (tertiary/aromatic N) is 3. The summed E-state index contributed by atoms with van der Waals surface area (Å²) in [5, 5.41) is 0.721. The molecular weight excluding hydrogens is 450 g/mol. The normalized spacial score (nSPS) is 18.8. The molecule has 182 valence electrons. The second-order valence-electron chi connectivity index (χ2n) is 9.56. The van der Waals surface area contributed by atoms with Crippen molar-refractivity contribution in [3.8, 4) is 22.6 Å². The number of aromatic nitrogens is 1. The van der Waals surface area contributed by atoms with Crippen molar-refractivity contribution in [1.29, 1.82) is 0 Å². The minimum atomic E-state index is -0.376. The van der Waals surface area contributed by atoms with Gasteiger partial charge in [-0.2, -0.15) is 0 Å². The summed E-state index contributed by atoms with van der Waals surface area (Å²) >= 11 is 1.65. The summed E-state index contributed by atoms with van der Waals surface area (Å²) in [5.41, 5.74) is 1.57. The van der Waals surface area contributed by atoms with Crippen LogP contribution >= 0.6 is 11.3 Å². The molecule has 1 fully saturated rings. The molecule has 0 radical (unpaired) electrons. The van der Waals surface area contributed by atoms with Crippen LogP contribution in [0.4, 0.5) is 0 Å². The summed E-state index contributed by atoms with van der Waals surface area (Å²) < 4.78 is 13.5. The smallest absolute Gasteiger partial charge is 0.259 e. The molecule has 1 aliphatic rings. The van der Waals surface area contributed by atoms with Gasteiger partial charge in [-0.05, 0) is 50.1 Å². The molecule has 8 heteroatoms. The van der Waals surface area contributed by atoms with E-state index in [1.54, 1.807) is 42.1 Å². The molecule has 1 unspecified atom stereocenters. The molecule has 0 bridgehead atoms. The standard InChI is InChI=1S/C26H33N3O4S/c1-26(25(31)27(2)3)10-7-11-29(16-26)14-18-13-19-23(34-18)20(15-28(4)24(19)30)17-8-9-21(32-5)22(12-17)33-6/h8-9,12-13,15H,7,10-11,14,16H2,1-6H3. The minimum Gasteiger partial charge on any atom is -0.493 e. The van der Waals surface area contributed by atoms with Gasteiger partial charge in [0.05, 0.1) is 25.0 Å². The fourth-order valence-electron chi connectivity index (χ4n) is 5.00. The first-order valence-electron chi connectivity index (χ1n) is 11.5. The Labute approximate surface area is 204 Å². The minimum absolute atomic E-state index is 0.00649. The Hall–Kier alpha value is -2.84. The highest BCUT2D eigenvalue weighted by Crippen LogP contribution is 2.38. The predicted octanol–water partition coefficient (Wildman–Crippen LogP) is 3.97. The molecule has 4 rings (SSSR count). The van der Waals surface area contributed by atoms with Gasteiger partial charge in [-0.1, -0.05) is 6.07 Å². The van der Waals surface area contributed by atoms with E-state index in [1.807, 2.05) is 44.6 Å². The Bertz CT molecular complexity index is 1280. The van der Waals surface area contributed by atoms with Gasteiger partial charge in [0, 0.05) is 55.6 Å². The number of fused-ring (bicyclic) bond motifs is 1. The van der Waals surface area contributed by atoms with E-state index in [2.05, 4.69) is 11.8 Å². The van der Waals surface area contributed by atoms with Crippen molar-refractivity contribution in [1.82, 2.24) is 14.4 Å². The van der Waals surface area contributed by atoms with Crippen LogP contribution in [0.5, 0.6) is 11.5 Å². The second kappa shape index (κ2) is 9.43. The number of piperidine rings is 1. The quantitative estimate of drug-likeness (QED) is 0.531. The number of ether oxygens (including phenoxy) is 2. The number of benzene rings is 1. The van der Waals surface area contributed by atoms with Crippen molar-refractivity contribution in [2.75, 3.05) is 41.4 Å². The van der Waals surface area contributed by atoms with Crippen molar-refractivity contribution < 1.29 is 14.3 Å². The summed E-state index contributed by atoms with van der Waals surface area (Å²) in [6.45, 7) is 4.46. The predicted molar refractivity (Wildman–Crippen MR) is 137 cm³/mol. The summed E-state index contributed by atoms with van der Waals surface area (Å²) in [6.07, 6.45) is 3.77. The Morgan fingerprint density at radius 2 is 1.91 bits per heavy atom. The molecule has 1 amide bonds. The molecule has 0 N–H and O–H groups in total. The number of methoxy groups -OCH3 is 2. The first kappa shape index (κ1) is 24.3. The van der Waals surface area contributed by atoms with E-state index in [-0.39, 0.29) is 16.9 Å². The molecule has 1 aliphatic heterocycles. The zero-order valence-corrected chi connectivity index (χ0v) is 21.6.